The van der Waals surface area contributed by atoms with Crippen LogP contribution in [0.3, 0.4) is 0 Å². The Labute approximate surface area is 112 Å². The maximum atomic E-state index is 11.6. The van der Waals surface area contributed by atoms with Gasteiger partial charge in [0.15, 0.2) is 0 Å². The third-order valence-corrected chi connectivity index (χ3v) is 2.81. The molecule has 0 saturated heterocycles. The molecule has 0 unspecified atom stereocenters. The number of rotatable bonds is 6. The van der Waals surface area contributed by atoms with Gasteiger partial charge in [-0.1, -0.05) is 0 Å². The molecule has 7 heteroatoms. The number of unbranched alkanes of at least 4 members (excludes halogenated alkanes) is 1. The molecule has 1 amide bonds. The molecule has 0 aliphatic rings. The maximum Gasteiger partial charge on any atom is 0.303 e. The van der Waals surface area contributed by atoms with Gasteiger partial charge in [0.2, 0.25) is 0 Å². The molecule has 98 valence electrons. The molecule has 0 radical (unpaired) electrons. The van der Waals surface area contributed by atoms with Gasteiger partial charge in [0.05, 0.1) is 10.0 Å². The minimum Gasteiger partial charge on any atom is -0.481 e. The van der Waals surface area contributed by atoms with Gasteiger partial charge in [-0.25, -0.2) is 0 Å². The fourth-order valence-corrected chi connectivity index (χ4v) is 1.65. The minimum absolute atomic E-state index is 0.0973. The smallest absolute Gasteiger partial charge is 0.303 e. The van der Waals surface area contributed by atoms with Gasteiger partial charge < -0.3 is 15.4 Å². The zero-order valence-corrected chi connectivity index (χ0v) is 11.1. The Balaban J connectivity index is 2.39. The maximum absolute atomic E-state index is 11.6. The Morgan fingerprint density at radius 1 is 1.39 bits per heavy atom. The van der Waals surface area contributed by atoms with Gasteiger partial charge in [-0.3, -0.25) is 14.4 Å². The average molecular weight is 317 g/mol. The molecule has 1 aromatic rings. The fourth-order valence-electron chi connectivity index (χ4n) is 1.29. The second-order valence-corrected chi connectivity index (χ2v) is 4.53. The van der Waals surface area contributed by atoms with E-state index in [-0.39, 0.29) is 17.9 Å². The van der Waals surface area contributed by atoms with Crippen molar-refractivity contribution in [1.29, 1.82) is 0 Å². The summed E-state index contributed by atoms with van der Waals surface area (Å²) in [6.07, 6.45) is 2.55. The zero-order valence-electron chi connectivity index (χ0n) is 9.53. The summed E-state index contributed by atoms with van der Waals surface area (Å²) in [7, 11) is 0. The van der Waals surface area contributed by atoms with Gasteiger partial charge in [-0.2, -0.15) is 0 Å². The second-order valence-electron chi connectivity index (χ2n) is 3.67. The summed E-state index contributed by atoms with van der Waals surface area (Å²) in [6, 6.07) is 1.44. The van der Waals surface area contributed by atoms with Crippen LogP contribution in [0.4, 0.5) is 0 Å². The van der Waals surface area contributed by atoms with Crippen molar-refractivity contribution in [1.82, 2.24) is 10.3 Å². The van der Waals surface area contributed by atoms with Gasteiger partial charge in [0, 0.05) is 19.2 Å². The number of pyridine rings is 1. The van der Waals surface area contributed by atoms with E-state index in [1.807, 2.05) is 0 Å². The SMILES string of the molecule is O=C(O)CCCCNC(=O)c1c[nH]c(=O)c(Br)c1. The number of aromatic amines is 1. The molecule has 18 heavy (non-hydrogen) atoms. The first-order valence-corrected chi connectivity index (χ1v) is 6.18. The molecule has 0 aromatic carbocycles. The number of H-pyrrole nitrogens is 1. The van der Waals surface area contributed by atoms with Crippen LogP contribution in [0, 0.1) is 0 Å². The lowest BCUT2D eigenvalue weighted by molar-refractivity contribution is -0.137. The van der Waals surface area contributed by atoms with E-state index in [4.69, 9.17) is 5.11 Å². The van der Waals surface area contributed by atoms with Crippen LogP contribution in [0.1, 0.15) is 29.6 Å². The molecular weight excluding hydrogens is 304 g/mol. The number of amides is 1. The van der Waals surface area contributed by atoms with Crippen molar-refractivity contribution in [2.24, 2.45) is 0 Å². The number of carbonyl (C=O) groups excluding carboxylic acids is 1. The first kappa shape index (κ1) is 14.4. The summed E-state index contributed by atoms with van der Waals surface area (Å²) in [5.74, 6) is -1.15. The number of aliphatic carboxylic acids is 1. The van der Waals surface area contributed by atoms with E-state index in [0.717, 1.165) is 0 Å². The number of carboxylic acids is 1. The van der Waals surface area contributed by atoms with Crippen LogP contribution in [0.25, 0.3) is 0 Å². The summed E-state index contributed by atoms with van der Waals surface area (Å²) in [5.41, 5.74) is 0.0488. The lowest BCUT2D eigenvalue weighted by Gasteiger charge is -2.04. The summed E-state index contributed by atoms with van der Waals surface area (Å²) in [6.45, 7) is 0.406. The average Bonchev–Trinajstić information content (AvgIpc) is 2.31. The second kappa shape index (κ2) is 6.95. The van der Waals surface area contributed by atoms with Crippen LogP contribution >= 0.6 is 15.9 Å². The number of carboxylic acid groups (broad SMARTS) is 1. The van der Waals surface area contributed by atoms with E-state index >= 15 is 0 Å². The van der Waals surface area contributed by atoms with Crippen LogP contribution < -0.4 is 10.9 Å². The predicted molar refractivity (Wildman–Crippen MR) is 68.6 cm³/mol. The first-order chi connectivity index (χ1) is 8.50. The van der Waals surface area contributed by atoms with E-state index in [1.165, 1.54) is 12.3 Å². The topological polar surface area (TPSA) is 99.3 Å². The normalized spacial score (nSPS) is 10.1. The van der Waals surface area contributed by atoms with Crippen LogP contribution in [-0.4, -0.2) is 28.5 Å². The molecule has 0 aliphatic heterocycles. The summed E-state index contributed by atoms with van der Waals surface area (Å²) in [4.78, 5) is 35.4. The summed E-state index contributed by atoms with van der Waals surface area (Å²) in [5, 5.41) is 11.1. The van der Waals surface area contributed by atoms with Crippen LogP contribution in [-0.2, 0) is 4.79 Å². The number of nitrogens with one attached hydrogen (secondary N) is 2. The molecule has 3 N–H and O–H groups in total. The molecule has 0 saturated carbocycles. The minimum atomic E-state index is -0.842. The van der Waals surface area contributed by atoms with Gasteiger partial charge in [-0.05, 0) is 34.8 Å². The molecule has 1 aromatic heterocycles. The third kappa shape index (κ3) is 4.70. The highest BCUT2D eigenvalue weighted by Crippen LogP contribution is 2.05. The number of halogens is 1. The molecule has 0 fully saturated rings. The largest absolute Gasteiger partial charge is 0.481 e. The van der Waals surface area contributed by atoms with E-state index in [9.17, 15) is 14.4 Å². The summed E-state index contributed by atoms with van der Waals surface area (Å²) >= 11 is 3.03. The lowest BCUT2D eigenvalue weighted by Crippen LogP contribution is -2.25. The Morgan fingerprint density at radius 3 is 2.72 bits per heavy atom. The van der Waals surface area contributed by atoms with Crippen LogP contribution in [0.2, 0.25) is 0 Å². The number of carbonyl (C=O) groups is 2. The van der Waals surface area contributed by atoms with E-state index in [0.29, 0.717) is 29.4 Å². The molecular formula is C11H13BrN2O4. The Morgan fingerprint density at radius 2 is 2.11 bits per heavy atom. The number of hydrogen-bond acceptors (Lipinski definition) is 3. The lowest BCUT2D eigenvalue weighted by atomic mass is 10.2. The molecule has 1 rings (SSSR count). The Hall–Kier alpha value is -1.63. The molecule has 0 atom stereocenters. The van der Waals surface area contributed by atoms with Crippen molar-refractivity contribution in [2.45, 2.75) is 19.3 Å². The third-order valence-electron chi connectivity index (χ3n) is 2.22. The van der Waals surface area contributed by atoms with Crippen molar-refractivity contribution in [3.8, 4) is 0 Å². The van der Waals surface area contributed by atoms with Crippen LogP contribution in [0.15, 0.2) is 21.5 Å². The first-order valence-electron chi connectivity index (χ1n) is 5.39. The standard InChI is InChI=1S/C11H13BrN2O4/c12-8-5-7(6-14-11(8)18)10(17)13-4-2-1-3-9(15)16/h5-6H,1-4H2,(H,13,17)(H,14,18)(H,15,16). The predicted octanol–water partition coefficient (Wildman–Crippen LogP) is 1.12. The zero-order chi connectivity index (χ0) is 13.5. The molecule has 0 bridgehead atoms. The van der Waals surface area contributed by atoms with Gasteiger partial charge in [-0.15, -0.1) is 0 Å². The van der Waals surface area contributed by atoms with Crippen molar-refractivity contribution in [2.75, 3.05) is 6.54 Å². The monoisotopic (exact) mass is 316 g/mol. The highest BCUT2D eigenvalue weighted by Gasteiger charge is 2.07. The van der Waals surface area contributed by atoms with Crippen molar-refractivity contribution in [3.05, 3.63) is 32.7 Å². The summed E-state index contributed by atoms with van der Waals surface area (Å²) < 4.78 is 0.293. The molecule has 6 nitrogen and oxygen atoms in total. The highest BCUT2D eigenvalue weighted by atomic mass is 79.9. The van der Waals surface area contributed by atoms with Crippen molar-refractivity contribution >= 4 is 27.8 Å². The van der Waals surface area contributed by atoms with Crippen LogP contribution in [0.5, 0.6) is 0 Å². The molecule has 1 heterocycles. The number of hydrogen-bond donors (Lipinski definition) is 3. The fraction of sp³-hybridized carbons (Fsp3) is 0.364. The highest BCUT2D eigenvalue weighted by molar-refractivity contribution is 9.10. The van der Waals surface area contributed by atoms with Gasteiger partial charge in [0.25, 0.3) is 11.5 Å². The Kier molecular flexibility index (Phi) is 5.57. The Bertz CT molecular complexity index is 498. The van der Waals surface area contributed by atoms with Crippen molar-refractivity contribution < 1.29 is 14.7 Å². The van der Waals surface area contributed by atoms with E-state index < -0.39 is 5.97 Å². The number of aromatic nitrogens is 1. The van der Waals surface area contributed by atoms with E-state index in [1.54, 1.807) is 0 Å². The molecule has 0 spiro atoms. The quantitative estimate of drug-likeness (QED) is 0.685. The van der Waals surface area contributed by atoms with Gasteiger partial charge >= 0.3 is 5.97 Å². The van der Waals surface area contributed by atoms with Gasteiger partial charge in [0.1, 0.15) is 0 Å². The van der Waals surface area contributed by atoms with E-state index in [2.05, 4.69) is 26.2 Å². The molecule has 0 aliphatic carbocycles. The van der Waals surface area contributed by atoms with Crippen molar-refractivity contribution in [3.63, 3.8) is 0 Å².